The van der Waals surface area contributed by atoms with Crippen LogP contribution in [0.4, 0.5) is 0 Å². The molecule has 0 bridgehead atoms. The van der Waals surface area contributed by atoms with Crippen LogP contribution < -0.4 is 5.32 Å². The van der Waals surface area contributed by atoms with Crippen LogP contribution in [0.1, 0.15) is 51.9 Å². The molecule has 0 radical (unpaired) electrons. The number of rotatable bonds is 0. The molecular formula is C16H25NO2. The Bertz CT molecular complexity index is 392. The SMILES string of the molecule is CC1CC(=O)C23CCCNCCCC2C(=O)CC3C1. The third kappa shape index (κ3) is 2.06. The van der Waals surface area contributed by atoms with Gasteiger partial charge >= 0.3 is 0 Å². The van der Waals surface area contributed by atoms with Crippen LogP contribution in [0.3, 0.4) is 0 Å². The zero-order chi connectivity index (χ0) is 13.5. The van der Waals surface area contributed by atoms with Gasteiger partial charge in [0.1, 0.15) is 11.6 Å². The molecule has 3 heteroatoms. The number of carbonyl (C=O) groups is 2. The summed E-state index contributed by atoms with van der Waals surface area (Å²) in [6, 6.07) is 0. The van der Waals surface area contributed by atoms with E-state index in [2.05, 4.69) is 12.2 Å². The summed E-state index contributed by atoms with van der Waals surface area (Å²) in [5.74, 6) is 1.65. The summed E-state index contributed by atoms with van der Waals surface area (Å²) in [6.45, 7) is 4.16. The predicted molar refractivity (Wildman–Crippen MR) is 73.8 cm³/mol. The first-order valence-corrected chi connectivity index (χ1v) is 7.91. The topological polar surface area (TPSA) is 46.2 Å². The standard InChI is InChI=1S/C16H25NO2/c1-11-8-12-10-14(18)13-4-2-6-17-7-3-5-16(12,13)15(19)9-11/h11-13,17H,2-10H2,1H3. The van der Waals surface area contributed by atoms with Crippen molar-refractivity contribution in [3.63, 3.8) is 0 Å². The summed E-state index contributed by atoms with van der Waals surface area (Å²) in [4.78, 5) is 25.2. The fourth-order valence-corrected chi connectivity index (χ4v) is 4.93. The van der Waals surface area contributed by atoms with E-state index in [1.54, 1.807) is 0 Å². The smallest absolute Gasteiger partial charge is 0.140 e. The van der Waals surface area contributed by atoms with Crippen LogP contribution in [0.5, 0.6) is 0 Å². The van der Waals surface area contributed by atoms with E-state index >= 15 is 0 Å². The average Bonchev–Trinajstić information content (AvgIpc) is 2.67. The molecule has 1 heterocycles. The summed E-state index contributed by atoms with van der Waals surface area (Å²) in [5, 5.41) is 3.42. The number of carbonyl (C=O) groups excluding carboxylic acids is 2. The second-order valence-corrected chi connectivity index (χ2v) is 6.92. The molecule has 0 amide bonds. The predicted octanol–water partition coefficient (Wildman–Crippen LogP) is 2.34. The highest BCUT2D eigenvalue weighted by Crippen LogP contribution is 2.57. The Morgan fingerprint density at radius 3 is 2.79 bits per heavy atom. The van der Waals surface area contributed by atoms with Crippen LogP contribution in [0, 0.1) is 23.2 Å². The molecular weight excluding hydrogens is 238 g/mol. The van der Waals surface area contributed by atoms with Crippen molar-refractivity contribution in [2.45, 2.75) is 51.9 Å². The quantitative estimate of drug-likeness (QED) is 0.729. The highest BCUT2D eigenvalue weighted by Gasteiger charge is 2.59. The van der Waals surface area contributed by atoms with Gasteiger partial charge in [-0.2, -0.15) is 0 Å². The molecule has 2 saturated carbocycles. The van der Waals surface area contributed by atoms with E-state index in [9.17, 15) is 9.59 Å². The maximum Gasteiger partial charge on any atom is 0.140 e. The van der Waals surface area contributed by atoms with Crippen molar-refractivity contribution in [2.75, 3.05) is 13.1 Å². The highest BCUT2D eigenvalue weighted by molar-refractivity contribution is 5.97. The Morgan fingerprint density at radius 2 is 1.95 bits per heavy atom. The second kappa shape index (κ2) is 5.01. The van der Waals surface area contributed by atoms with E-state index in [1.165, 1.54) is 0 Å². The molecule has 19 heavy (non-hydrogen) atoms. The lowest BCUT2D eigenvalue weighted by Gasteiger charge is -2.43. The molecule has 3 aliphatic rings. The van der Waals surface area contributed by atoms with E-state index < -0.39 is 0 Å². The lowest BCUT2D eigenvalue weighted by molar-refractivity contribution is -0.142. The maximum atomic E-state index is 12.8. The average molecular weight is 263 g/mol. The Labute approximate surface area is 115 Å². The molecule has 4 atom stereocenters. The van der Waals surface area contributed by atoms with Gasteiger partial charge in [0.15, 0.2) is 0 Å². The van der Waals surface area contributed by atoms with Gasteiger partial charge in [-0.25, -0.2) is 0 Å². The monoisotopic (exact) mass is 263 g/mol. The van der Waals surface area contributed by atoms with Crippen molar-refractivity contribution < 1.29 is 9.59 Å². The van der Waals surface area contributed by atoms with Crippen LogP contribution in [0.2, 0.25) is 0 Å². The molecule has 4 unspecified atom stereocenters. The second-order valence-electron chi connectivity index (χ2n) is 6.92. The number of Topliss-reactive ketones (excluding diaryl/α,β-unsaturated/α-hetero) is 2. The largest absolute Gasteiger partial charge is 0.317 e. The molecule has 106 valence electrons. The van der Waals surface area contributed by atoms with Crippen LogP contribution >= 0.6 is 0 Å². The first-order chi connectivity index (χ1) is 9.14. The van der Waals surface area contributed by atoms with E-state index in [-0.39, 0.29) is 11.3 Å². The van der Waals surface area contributed by atoms with Gasteiger partial charge in [-0.3, -0.25) is 9.59 Å². The fourth-order valence-electron chi connectivity index (χ4n) is 4.93. The van der Waals surface area contributed by atoms with Gasteiger partial charge in [-0.1, -0.05) is 6.92 Å². The molecule has 0 aromatic rings. The van der Waals surface area contributed by atoms with Gasteiger partial charge in [0.2, 0.25) is 0 Å². The van der Waals surface area contributed by atoms with Gasteiger partial charge in [0.25, 0.3) is 0 Å². The highest BCUT2D eigenvalue weighted by atomic mass is 16.1. The van der Waals surface area contributed by atoms with E-state index in [0.717, 1.165) is 45.2 Å². The fraction of sp³-hybridized carbons (Fsp3) is 0.875. The number of hydrogen-bond acceptors (Lipinski definition) is 3. The molecule has 3 nitrogen and oxygen atoms in total. The lowest BCUT2D eigenvalue weighted by Crippen LogP contribution is -2.45. The summed E-state index contributed by atoms with van der Waals surface area (Å²) >= 11 is 0. The Kier molecular flexibility index (Phi) is 3.50. The van der Waals surface area contributed by atoms with Crippen LogP contribution in [-0.2, 0) is 9.59 Å². The molecule has 2 aliphatic carbocycles. The number of hydrogen-bond donors (Lipinski definition) is 1. The van der Waals surface area contributed by atoms with Crippen molar-refractivity contribution >= 4 is 11.6 Å². The van der Waals surface area contributed by atoms with E-state index in [4.69, 9.17) is 0 Å². The summed E-state index contributed by atoms with van der Waals surface area (Å²) < 4.78 is 0. The summed E-state index contributed by atoms with van der Waals surface area (Å²) in [6.07, 6.45) is 6.40. The zero-order valence-corrected chi connectivity index (χ0v) is 11.9. The van der Waals surface area contributed by atoms with Crippen molar-refractivity contribution in [3.05, 3.63) is 0 Å². The third-order valence-electron chi connectivity index (χ3n) is 5.72. The summed E-state index contributed by atoms with van der Waals surface area (Å²) in [7, 11) is 0. The normalized spacial score (nSPS) is 43.9. The van der Waals surface area contributed by atoms with Crippen molar-refractivity contribution in [2.24, 2.45) is 23.2 Å². The zero-order valence-electron chi connectivity index (χ0n) is 11.9. The molecule has 3 fully saturated rings. The lowest BCUT2D eigenvalue weighted by atomic mass is 9.58. The molecule has 0 aromatic carbocycles. The summed E-state index contributed by atoms with van der Waals surface area (Å²) in [5.41, 5.74) is -0.268. The van der Waals surface area contributed by atoms with Gasteiger partial charge in [-0.05, 0) is 57.0 Å². The Hall–Kier alpha value is -0.700. The van der Waals surface area contributed by atoms with Crippen LogP contribution in [0.15, 0.2) is 0 Å². The van der Waals surface area contributed by atoms with Crippen LogP contribution in [0.25, 0.3) is 0 Å². The third-order valence-corrected chi connectivity index (χ3v) is 5.72. The number of ketones is 2. The van der Waals surface area contributed by atoms with E-state index in [1.807, 2.05) is 0 Å². The molecule has 1 N–H and O–H groups in total. The molecule has 3 rings (SSSR count). The van der Waals surface area contributed by atoms with Crippen molar-refractivity contribution in [3.8, 4) is 0 Å². The molecule has 1 saturated heterocycles. The van der Waals surface area contributed by atoms with Gasteiger partial charge in [0, 0.05) is 24.2 Å². The van der Waals surface area contributed by atoms with Gasteiger partial charge in [0.05, 0.1) is 0 Å². The maximum absolute atomic E-state index is 12.8. The van der Waals surface area contributed by atoms with Crippen molar-refractivity contribution in [1.82, 2.24) is 5.32 Å². The Morgan fingerprint density at radius 1 is 1.16 bits per heavy atom. The van der Waals surface area contributed by atoms with Crippen molar-refractivity contribution in [1.29, 1.82) is 0 Å². The molecule has 1 aliphatic heterocycles. The van der Waals surface area contributed by atoms with Crippen LogP contribution in [-0.4, -0.2) is 24.7 Å². The minimum atomic E-state index is -0.268. The molecule has 1 spiro atoms. The minimum absolute atomic E-state index is 0.0393. The molecule has 0 aromatic heterocycles. The van der Waals surface area contributed by atoms with Gasteiger partial charge in [-0.15, -0.1) is 0 Å². The minimum Gasteiger partial charge on any atom is -0.317 e. The number of nitrogens with one attached hydrogen (secondary N) is 1. The van der Waals surface area contributed by atoms with E-state index in [0.29, 0.717) is 36.2 Å². The first-order valence-electron chi connectivity index (χ1n) is 7.91. The Balaban J connectivity index is 1.96. The first kappa shape index (κ1) is 13.3. The van der Waals surface area contributed by atoms with Gasteiger partial charge < -0.3 is 5.32 Å².